The van der Waals surface area contributed by atoms with Crippen LogP contribution in [-0.2, 0) is 11.3 Å². The third-order valence-electron chi connectivity index (χ3n) is 4.21. The van der Waals surface area contributed by atoms with E-state index >= 15 is 0 Å². The van der Waals surface area contributed by atoms with Crippen LogP contribution in [0, 0.1) is 0 Å². The molecule has 1 unspecified atom stereocenters. The number of aliphatic hydroxyl groups excluding tert-OH is 1. The Morgan fingerprint density at radius 1 is 1.16 bits per heavy atom. The van der Waals surface area contributed by atoms with Crippen molar-refractivity contribution in [1.82, 2.24) is 10.2 Å². The van der Waals surface area contributed by atoms with Crippen LogP contribution in [0.2, 0.25) is 0 Å². The van der Waals surface area contributed by atoms with Crippen LogP contribution < -0.4 is 10.1 Å². The van der Waals surface area contributed by atoms with Gasteiger partial charge in [-0.2, -0.15) is 0 Å². The van der Waals surface area contributed by atoms with Crippen molar-refractivity contribution in [3.63, 3.8) is 0 Å². The number of carbonyl (C=O) groups is 1. The summed E-state index contributed by atoms with van der Waals surface area (Å²) in [5.74, 6) is 1.51. The lowest BCUT2D eigenvalue weighted by Crippen LogP contribution is -2.44. The second-order valence-corrected chi connectivity index (χ2v) is 6.37. The van der Waals surface area contributed by atoms with Crippen molar-refractivity contribution in [1.29, 1.82) is 0 Å². The van der Waals surface area contributed by atoms with Crippen LogP contribution in [-0.4, -0.2) is 41.7 Å². The van der Waals surface area contributed by atoms with Gasteiger partial charge in [0.15, 0.2) is 0 Å². The third kappa shape index (κ3) is 5.59. The highest BCUT2D eigenvalue weighted by molar-refractivity contribution is 5.78. The Hall–Kier alpha value is -2.37. The molecule has 3 rings (SSSR count). The summed E-state index contributed by atoms with van der Waals surface area (Å²) in [5, 5.41) is 12.6. The van der Waals surface area contributed by atoms with Gasteiger partial charge in [-0.25, -0.2) is 0 Å². The van der Waals surface area contributed by atoms with E-state index in [4.69, 9.17) is 4.74 Å². The maximum absolute atomic E-state index is 12.1. The average molecular weight is 340 g/mol. The van der Waals surface area contributed by atoms with Gasteiger partial charge in [0.1, 0.15) is 11.5 Å². The van der Waals surface area contributed by atoms with Crippen LogP contribution in [0.25, 0.3) is 0 Å². The molecule has 1 saturated heterocycles. The molecule has 5 nitrogen and oxygen atoms in total. The number of piperidine rings is 1. The molecule has 2 aromatic rings. The summed E-state index contributed by atoms with van der Waals surface area (Å²) in [7, 11) is 0. The minimum absolute atomic E-state index is 0.0246. The van der Waals surface area contributed by atoms with Gasteiger partial charge >= 0.3 is 0 Å². The summed E-state index contributed by atoms with van der Waals surface area (Å²) in [6, 6.07) is 17.3. The zero-order valence-corrected chi connectivity index (χ0v) is 14.2. The second-order valence-electron chi connectivity index (χ2n) is 6.37. The number of nitrogens with zero attached hydrogens (tertiary/aromatic N) is 1. The van der Waals surface area contributed by atoms with Crippen molar-refractivity contribution >= 4 is 5.91 Å². The fourth-order valence-electron chi connectivity index (χ4n) is 2.98. The molecule has 5 heteroatoms. The Morgan fingerprint density at radius 3 is 2.76 bits per heavy atom. The van der Waals surface area contributed by atoms with Crippen molar-refractivity contribution in [3.05, 3.63) is 60.2 Å². The Labute approximate surface area is 148 Å². The molecular formula is C20H24N2O3. The zero-order chi connectivity index (χ0) is 17.5. The lowest BCUT2D eigenvalue weighted by molar-refractivity contribution is -0.123. The molecule has 0 aromatic heterocycles. The van der Waals surface area contributed by atoms with Crippen molar-refractivity contribution < 1.29 is 14.6 Å². The molecule has 0 radical (unpaired) electrons. The highest BCUT2D eigenvalue weighted by atomic mass is 16.5. The van der Waals surface area contributed by atoms with Crippen LogP contribution >= 0.6 is 0 Å². The summed E-state index contributed by atoms with van der Waals surface area (Å²) in [4.78, 5) is 14.1. The number of rotatable bonds is 6. The molecule has 1 atom stereocenters. The molecule has 1 heterocycles. The summed E-state index contributed by atoms with van der Waals surface area (Å²) in [6.45, 7) is 2.23. The first-order valence-corrected chi connectivity index (χ1v) is 8.68. The minimum Gasteiger partial charge on any atom is -0.457 e. The van der Waals surface area contributed by atoms with E-state index in [1.54, 1.807) is 0 Å². The van der Waals surface area contributed by atoms with E-state index in [0.29, 0.717) is 19.6 Å². The molecule has 2 aromatic carbocycles. The van der Waals surface area contributed by atoms with Crippen molar-refractivity contribution in [2.24, 2.45) is 0 Å². The normalized spacial score (nSPS) is 17.9. The number of ether oxygens (including phenoxy) is 1. The summed E-state index contributed by atoms with van der Waals surface area (Å²) in [5.41, 5.74) is 0.987. The first kappa shape index (κ1) is 17.5. The minimum atomic E-state index is -0.312. The summed E-state index contributed by atoms with van der Waals surface area (Å²) in [6.07, 6.45) is 1.45. The number of para-hydroxylation sites is 1. The first-order chi connectivity index (χ1) is 12.2. The van der Waals surface area contributed by atoms with Gasteiger partial charge in [-0.15, -0.1) is 0 Å². The van der Waals surface area contributed by atoms with Gasteiger partial charge in [0.05, 0.1) is 12.6 Å². The van der Waals surface area contributed by atoms with Crippen LogP contribution in [0.1, 0.15) is 18.4 Å². The fraction of sp³-hybridized carbons (Fsp3) is 0.350. The second kappa shape index (κ2) is 8.65. The Balaban J connectivity index is 1.49. The number of amides is 1. The number of carbonyl (C=O) groups excluding carboxylic acids is 1. The van der Waals surface area contributed by atoms with Gasteiger partial charge in [-0.1, -0.05) is 30.3 Å². The molecule has 0 spiro atoms. The van der Waals surface area contributed by atoms with Gasteiger partial charge < -0.3 is 15.2 Å². The predicted octanol–water partition coefficient (Wildman–Crippen LogP) is 2.55. The quantitative estimate of drug-likeness (QED) is 0.848. The highest BCUT2D eigenvalue weighted by Gasteiger charge is 2.19. The SMILES string of the molecule is O=C(CN1CCCC(O)C1)NCc1cccc(Oc2ccccc2)c1. The molecule has 1 amide bonds. The Bertz CT molecular complexity index is 690. The van der Waals surface area contributed by atoms with E-state index in [-0.39, 0.29) is 12.0 Å². The number of nitrogens with one attached hydrogen (secondary N) is 1. The topological polar surface area (TPSA) is 61.8 Å². The van der Waals surface area contributed by atoms with Gasteiger partial charge in [-0.3, -0.25) is 9.69 Å². The number of β-amino-alcohol motifs (C(OH)–C–C–N with tert-alkyl or cyclic N) is 1. The van der Waals surface area contributed by atoms with Gasteiger partial charge in [0.25, 0.3) is 0 Å². The molecule has 132 valence electrons. The highest BCUT2D eigenvalue weighted by Crippen LogP contribution is 2.21. The maximum Gasteiger partial charge on any atom is 0.234 e. The lowest BCUT2D eigenvalue weighted by atomic mass is 10.1. The van der Waals surface area contributed by atoms with Crippen LogP contribution in [0.15, 0.2) is 54.6 Å². The molecule has 1 aliphatic heterocycles. The average Bonchev–Trinajstić information content (AvgIpc) is 2.61. The van der Waals surface area contributed by atoms with Crippen molar-refractivity contribution in [2.45, 2.75) is 25.5 Å². The van der Waals surface area contributed by atoms with Crippen molar-refractivity contribution in [3.8, 4) is 11.5 Å². The van der Waals surface area contributed by atoms with E-state index < -0.39 is 0 Å². The Morgan fingerprint density at radius 2 is 1.96 bits per heavy atom. The Kier molecular flexibility index (Phi) is 6.04. The zero-order valence-electron chi connectivity index (χ0n) is 14.2. The molecule has 0 bridgehead atoms. The van der Waals surface area contributed by atoms with Crippen LogP contribution in [0.4, 0.5) is 0 Å². The van der Waals surface area contributed by atoms with E-state index in [2.05, 4.69) is 5.32 Å². The van der Waals surface area contributed by atoms with Crippen LogP contribution in [0.3, 0.4) is 0 Å². The van der Waals surface area contributed by atoms with Gasteiger partial charge in [0.2, 0.25) is 5.91 Å². The molecule has 1 aliphatic rings. The molecular weight excluding hydrogens is 316 g/mol. The molecule has 25 heavy (non-hydrogen) atoms. The largest absolute Gasteiger partial charge is 0.457 e. The monoisotopic (exact) mass is 340 g/mol. The summed E-state index contributed by atoms with van der Waals surface area (Å²) < 4.78 is 5.81. The maximum atomic E-state index is 12.1. The number of hydrogen-bond donors (Lipinski definition) is 2. The summed E-state index contributed by atoms with van der Waals surface area (Å²) >= 11 is 0. The standard InChI is InChI=1S/C20H24N2O3/c23-17-7-5-11-22(14-17)15-20(24)21-13-16-6-4-10-19(12-16)25-18-8-2-1-3-9-18/h1-4,6,8-10,12,17,23H,5,7,11,13-15H2,(H,21,24). The van der Waals surface area contributed by atoms with E-state index in [9.17, 15) is 9.90 Å². The van der Waals surface area contributed by atoms with E-state index in [1.165, 1.54) is 0 Å². The first-order valence-electron chi connectivity index (χ1n) is 8.68. The molecule has 2 N–H and O–H groups in total. The van der Waals surface area contributed by atoms with E-state index in [1.807, 2.05) is 59.5 Å². The number of likely N-dealkylation sites (tertiary alicyclic amines) is 1. The third-order valence-corrected chi connectivity index (χ3v) is 4.21. The van der Waals surface area contributed by atoms with Gasteiger partial charge in [0, 0.05) is 13.1 Å². The molecule has 1 fully saturated rings. The van der Waals surface area contributed by atoms with Gasteiger partial charge in [-0.05, 0) is 49.2 Å². The van der Waals surface area contributed by atoms with Crippen LogP contribution in [0.5, 0.6) is 11.5 Å². The van der Waals surface area contributed by atoms with Crippen molar-refractivity contribution in [2.75, 3.05) is 19.6 Å². The lowest BCUT2D eigenvalue weighted by Gasteiger charge is -2.29. The molecule has 0 saturated carbocycles. The number of hydrogen-bond acceptors (Lipinski definition) is 4. The predicted molar refractivity (Wildman–Crippen MR) is 96.5 cm³/mol. The fourth-order valence-corrected chi connectivity index (χ4v) is 2.98. The smallest absolute Gasteiger partial charge is 0.234 e. The van der Waals surface area contributed by atoms with E-state index in [0.717, 1.165) is 36.4 Å². The number of benzene rings is 2. The number of aliphatic hydroxyl groups is 1. The molecule has 0 aliphatic carbocycles.